The number of carbonyl (C=O) groups excluding carboxylic acids is 1. The van der Waals surface area contributed by atoms with Crippen molar-refractivity contribution in [2.45, 2.75) is 37.6 Å². The molecule has 0 atom stereocenters. The molecule has 1 aliphatic rings. The highest BCUT2D eigenvalue weighted by Crippen LogP contribution is 2.32. The van der Waals surface area contributed by atoms with Crippen molar-refractivity contribution in [2.24, 2.45) is 0 Å². The lowest BCUT2D eigenvalue weighted by Crippen LogP contribution is -2.45. The standard InChI is InChI=1S/C21H23N9O/c31-21(29-27-18-9-10-19(28-26-18)30-12-11-22-13-30)23-15-7-5-14(6-8-15)20-24-16-3-1-2-4-17(16)25-20/h1-4,9-15H,5-8H2,(H,24,25)(H,26,27)(H2,23,29,31). The number of amides is 2. The number of carbonyl (C=O) groups is 1. The van der Waals surface area contributed by atoms with Crippen LogP contribution in [0.4, 0.5) is 10.6 Å². The zero-order valence-corrected chi connectivity index (χ0v) is 16.8. The van der Waals surface area contributed by atoms with Crippen molar-refractivity contribution in [1.29, 1.82) is 0 Å². The maximum absolute atomic E-state index is 12.2. The largest absolute Gasteiger partial charge is 0.342 e. The molecule has 5 rings (SSSR count). The first-order chi connectivity index (χ1) is 15.2. The van der Waals surface area contributed by atoms with Gasteiger partial charge in [-0.05, 0) is 49.9 Å². The van der Waals surface area contributed by atoms with E-state index in [1.807, 2.05) is 24.3 Å². The molecule has 0 spiro atoms. The molecule has 0 radical (unpaired) electrons. The van der Waals surface area contributed by atoms with Gasteiger partial charge in [0.05, 0.1) is 11.0 Å². The fourth-order valence-corrected chi connectivity index (χ4v) is 3.94. The lowest BCUT2D eigenvalue weighted by atomic mass is 9.85. The Labute approximate surface area is 178 Å². The third kappa shape index (κ3) is 4.32. The second kappa shape index (κ2) is 8.42. The Balaban J connectivity index is 1.08. The van der Waals surface area contributed by atoms with Gasteiger partial charge in [-0.1, -0.05) is 12.1 Å². The average Bonchev–Trinajstić information content (AvgIpc) is 3.49. The van der Waals surface area contributed by atoms with E-state index in [9.17, 15) is 4.79 Å². The fourth-order valence-electron chi connectivity index (χ4n) is 3.94. The molecule has 1 saturated carbocycles. The molecule has 3 heterocycles. The summed E-state index contributed by atoms with van der Waals surface area (Å²) in [5.74, 6) is 2.54. The van der Waals surface area contributed by atoms with E-state index in [-0.39, 0.29) is 12.1 Å². The van der Waals surface area contributed by atoms with E-state index in [0.717, 1.165) is 42.5 Å². The van der Waals surface area contributed by atoms with Crippen LogP contribution in [-0.2, 0) is 0 Å². The second-order valence-electron chi connectivity index (χ2n) is 7.66. The Morgan fingerprint density at radius 1 is 1.06 bits per heavy atom. The number of para-hydroxylation sites is 2. The third-order valence-corrected chi connectivity index (χ3v) is 5.58. The number of fused-ring (bicyclic) bond motifs is 1. The van der Waals surface area contributed by atoms with Gasteiger partial charge in [0.2, 0.25) is 0 Å². The van der Waals surface area contributed by atoms with Crippen LogP contribution in [0, 0.1) is 0 Å². The molecule has 4 N–H and O–H groups in total. The van der Waals surface area contributed by atoms with E-state index in [1.54, 1.807) is 35.4 Å². The minimum Gasteiger partial charge on any atom is -0.342 e. The molecule has 1 fully saturated rings. The molecule has 10 nitrogen and oxygen atoms in total. The zero-order valence-electron chi connectivity index (χ0n) is 16.8. The summed E-state index contributed by atoms with van der Waals surface area (Å²) in [4.78, 5) is 24.4. The first kappa shape index (κ1) is 19.0. The van der Waals surface area contributed by atoms with Gasteiger partial charge in [0.1, 0.15) is 12.2 Å². The first-order valence-electron chi connectivity index (χ1n) is 10.3. The molecular formula is C21H23N9O. The van der Waals surface area contributed by atoms with Gasteiger partial charge in [0, 0.05) is 24.4 Å². The summed E-state index contributed by atoms with van der Waals surface area (Å²) in [6.07, 6.45) is 8.89. The molecule has 3 aromatic heterocycles. The molecule has 0 saturated heterocycles. The Bertz CT molecular complexity index is 1110. The van der Waals surface area contributed by atoms with Crippen LogP contribution in [0.5, 0.6) is 0 Å². The Morgan fingerprint density at radius 2 is 1.94 bits per heavy atom. The number of hydrazine groups is 1. The number of H-pyrrole nitrogens is 1. The minimum absolute atomic E-state index is 0.136. The van der Waals surface area contributed by atoms with Crippen molar-refractivity contribution < 1.29 is 4.79 Å². The van der Waals surface area contributed by atoms with Crippen molar-refractivity contribution in [3.63, 3.8) is 0 Å². The van der Waals surface area contributed by atoms with Gasteiger partial charge >= 0.3 is 6.03 Å². The van der Waals surface area contributed by atoms with Gasteiger partial charge < -0.3 is 10.3 Å². The number of anilines is 1. The van der Waals surface area contributed by atoms with E-state index in [2.05, 4.69) is 36.3 Å². The fraction of sp³-hybridized carbons (Fsp3) is 0.286. The predicted octanol–water partition coefficient (Wildman–Crippen LogP) is 2.89. The summed E-state index contributed by atoms with van der Waals surface area (Å²) in [6.45, 7) is 0. The highest BCUT2D eigenvalue weighted by Gasteiger charge is 2.25. The number of urea groups is 1. The lowest BCUT2D eigenvalue weighted by Gasteiger charge is -2.28. The molecule has 0 unspecified atom stereocenters. The van der Waals surface area contributed by atoms with Crippen LogP contribution < -0.4 is 16.2 Å². The number of hydrogen-bond acceptors (Lipinski definition) is 6. The summed E-state index contributed by atoms with van der Waals surface area (Å²) in [7, 11) is 0. The van der Waals surface area contributed by atoms with Crippen LogP contribution in [-0.4, -0.2) is 41.8 Å². The molecule has 1 aromatic carbocycles. The highest BCUT2D eigenvalue weighted by atomic mass is 16.2. The van der Waals surface area contributed by atoms with Crippen LogP contribution in [0.25, 0.3) is 16.9 Å². The van der Waals surface area contributed by atoms with Crippen molar-refractivity contribution in [1.82, 2.24) is 40.5 Å². The topological polar surface area (TPSA) is 125 Å². The number of aromatic nitrogens is 6. The maximum Gasteiger partial charge on any atom is 0.333 e. The maximum atomic E-state index is 12.2. The summed E-state index contributed by atoms with van der Waals surface area (Å²) in [5.41, 5.74) is 7.48. The molecule has 0 aliphatic heterocycles. The molecule has 0 bridgehead atoms. The van der Waals surface area contributed by atoms with Gasteiger partial charge in [-0.2, -0.15) is 0 Å². The van der Waals surface area contributed by atoms with E-state index < -0.39 is 0 Å². The Hall–Kier alpha value is -3.95. The number of imidazole rings is 2. The molecular weight excluding hydrogens is 394 g/mol. The summed E-state index contributed by atoms with van der Waals surface area (Å²) in [6, 6.07) is 11.5. The number of benzene rings is 1. The van der Waals surface area contributed by atoms with Crippen molar-refractivity contribution >= 4 is 22.9 Å². The Kier molecular flexibility index (Phi) is 5.17. The smallest absolute Gasteiger partial charge is 0.333 e. The van der Waals surface area contributed by atoms with Crippen molar-refractivity contribution in [2.75, 3.05) is 5.43 Å². The van der Waals surface area contributed by atoms with Gasteiger partial charge in [0.15, 0.2) is 11.6 Å². The molecule has 10 heteroatoms. The average molecular weight is 417 g/mol. The zero-order chi connectivity index (χ0) is 21.0. The predicted molar refractivity (Wildman–Crippen MR) is 116 cm³/mol. The number of aromatic amines is 1. The van der Waals surface area contributed by atoms with Crippen molar-refractivity contribution in [3.05, 3.63) is 60.9 Å². The number of nitrogens with zero attached hydrogens (tertiary/aromatic N) is 5. The first-order valence-corrected chi connectivity index (χ1v) is 10.3. The van der Waals surface area contributed by atoms with Gasteiger partial charge in [-0.3, -0.25) is 15.4 Å². The van der Waals surface area contributed by atoms with Crippen LogP contribution in [0.1, 0.15) is 37.4 Å². The van der Waals surface area contributed by atoms with Gasteiger partial charge in [-0.15, -0.1) is 10.2 Å². The van der Waals surface area contributed by atoms with Gasteiger partial charge in [-0.25, -0.2) is 14.8 Å². The number of nitrogens with one attached hydrogen (secondary N) is 4. The monoisotopic (exact) mass is 417 g/mol. The lowest BCUT2D eigenvalue weighted by molar-refractivity contribution is 0.233. The van der Waals surface area contributed by atoms with E-state index in [4.69, 9.17) is 4.98 Å². The summed E-state index contributed by atoms with van der Waals surface area (Å²) in [5, 5.41) is 11.2. The molecule has 4 aromatic rings. The van der Waals surface area contributed by atoms with Crippen LogP contribution in [0.15, 0.2) is 55.1 Å². The number of hydrogen-bond donors (Lipinski definition) is 4. The van der Waals surface area contributed by atoms with Gasteiger partial charge in [0.25, 0.3) is 0 Å². The van der Waals surface area contributed by atoms with Crippen LogP contribution in [0.3, 0.4) is 0 Å². The quantitative estimate of drug-likeness (QED) is 0.370. The van der Waals surface area contributed by atoms with E-state index in [0.29, 0.717) is 17.6 Å². The number of rotatable bonds is 5. The Morgan fingerprint density at radius 3 is 2.68 bits per heavy atom. The highest BCUT2D eigenvalue weighted by molar-refractivity contribution is 5.76. The van der Waals surface area contributed by atoms with Crippen LogP contribution >= 0.6 is 0 Å². The molecule has 158 valence electrons. The normalized spacial score (nSPS) is 18.6. The third-order valence-electron chi connectivity index (χ3n) is 5.58. The van der Waals surface area contributed by atoms with Crippen molar-refractivity contribution in [3.8, 4) is 5.82 Å². The van der Waals surface area contributed by atoms with Crippen LogP contribution in [0.2, 0.25) is 0 Å². The van der Waals surface area contributed by atoms with E-state index in [1.165, 1.54) is 0 Å². The molecule has 2 amide bonds. The summed E-state index contributed by atoms with van der Waals surface area (Å²) >= 11 is 0. The molecule has 1 aliphatic carbocycles. The second-order valence-corrected chi connectivity index (χ2v) is 7.66. The van der Waals surface area contributed by atoms with E-state index >= 15 is 0 Å². The SMILES string of the molecule is O=C(NNc1ccc(-n2ccnc2)nn1)NC1CCC(c2nc3ccccc3[nH]2)CC1. The minimum atomic E-state index is -0.285. The summed E-state index contributed by atoms with van der Waals surface area (Å²) < 4.78 is 1.75. The molecule has 31 heavy (non-hydrogen) atoms.